The van der Waals surface area contributed by atoms with Crippen LogP contribution in [0.4, 0.5) is 0 Å². The second-order valence-electron chi connectivity index (χ2n) is 7.69. The molecule has 0 N–H and O–H groups in total. The molecule has 0 nitrogen and oxygen atoms in total. The molecule has 0 radical (unpaired) electrons. The topological polar surface area (TPSA) is 0 Å². The third-order valence-corrected chi connectivity index (χ3v) is 6.14. The van der Waals surface area contributed by atoms with Gasteiger partial charge in [0.2, 0.25) is 0 Å². The Labute approximate surface area is 198 Å². The largest absolute Gasteiger partial charge is 0.0843 e. The Balaban J connectivity index is 1.83. The highest BCUT2D eigenvalue weighted by molar-refractivity contribution is 6.31. The normalized spacial score (nSPS) is 10.8. The molecule has 0 aromatic heterocycles. The van der Waals surface area contributed by atoms with Crippen LogP contribution in [0.2, 0.25) is 10.0 Å². The first-order valence-electron chi connectivity index (χ1n) is 10.5. The minimum absolute atomic E-state index is 0.728. The molecule has 0 unspecified atom stereocenters. The van der Waals surface area contributed by atoms with Crippen LogP contribution in [0.5, 0.6) is 0 Å². The molecule has 0 spiro atoms. The average molecular weight is 451 g/mol. The summed E-state index contributed by atoms with van der Waals surface area (Å²) in [4.78, 5) is 0. The van der Waals surface area contributed by atoms with Crippen LogP contribution in [0.3, 0.4) is 0 Å². The summed E-state index contributed by atoms with van der Waals surface area (Å²) < 4.78 is 0. The summed E-state index contributed by atoms with van der Waals surface area (Å²) in [5, 5.41) is 1.46. The van der Waals surface area contributed by atoms with E-state index in [1.807, 2.05) is 36.4 Å². The zero-order valence-corrected chi connectivity index (χ0v) is 18.8. The molecule has 0 atom stereocenters. The number of rotatable bonds is 4. The van der Waals surface area contributed by atoms with Gasteiger partial charge >= 0.3 is 0 Å². The van der Waals surface area contributed by atoms with Crippen molar-refractivity contribution in [3.8, 4) is 44.5 Å². The van der Waals surface area contributed by atoms with E-state index in [9.17, 15) is 0 Å². The Hall–Kier alpha value is -3.32. The second kappa shape index (κ2) is 9.04. The predicted molar refractivity (Wildman–Crippen MR) is 138 cm³/mol. The Morgan fingerprint density at radius 1 is 0.312 bits per heavy atom. The molecule has 0 fully saturated rings. The summed E-state index contributed by atoms with van der Waals surface area (Å²) in [7, 11) is 0. The number of halogens is 2. The summed E-state index contributed by atoms with van der Waals surface area (Å²) >= 11 is 12.4. The van der Waals surface area contributed by atoms with E-state index in [0.717, 1.165) is 32.3 Å². The fraction of sp³-hybridized carbons (Fsp3) is 0. The van der Waals surface area contributed by atoms with Crippen LogP contribution >= 0.6 is 23.2 Å². The zero-order valence-electron chi connectivity index (χ0n) is 17.3. The first kappa shape index (κ1) is 20.6. The minimum atomic E-state index is 0.728. The molecule has 154 valence electrons. The van der Waals surface area contributed by atoms with Gasteiger partial charge in [-0.1, -0.05) is 108 Å². The molecular weight excluding hydrogens is 431 g/mol. The Morgan fingerprint density at radius 3 is 0.906 bits per heavy atom. The van der Waals surface area contributed by atoms with E-state index in [1.54, 1.807) is 0 Å². The monoisotopic (exact) mass is 450 g/mol. The van der Waals surface area contributed by atoms with Gasteiger partial charge in [-0.05, 0) is 80.9 Å². The molecule has 0 saturated heterocycles. The van der Waals surface area contributed by atoms with Gasteiger partial charge in [-0.3, -0.25) is 0 Å². The number of hydrogen-bond acceptors (Lipinski definition) is 0. The van der Waals surface area contributed by atoms with Crippen LogP contribution < -0.4 is 0 Å². The first-order chi connectivity index (χ1) is 15.7. The maximum Gasteiger partial charge on any atom is 0.0406 e. The van der Waals surface area contributed by atoms with Gasteiger partial charge in [-0.2, -0.15) is 0 Å². The van der Waals surface area contributed by atoms with E-state index in [4.69, 9.17) is 23.2 Å². The van der Waals surface area contributed by atoms with Gasteiger partial charge in [0.25, 0.3) is 0 Å². The van der Waals surface area contributed by atoms with Gasteiger partial charge in [0.05, 0.1) is 0 Å². The molecule has 2 heteroatoms. The number of benzene rings is 5. The maximum atomic E-state index is 6.19. The van der Waals surface area contributed by atoms with Gasteiger partial charge < -0.3 is 0 Å². The van der Waals surface area contributed by atoms with E-state index >= 15 is 0 Å². The van der Waals surface area contributed by atoms with Crippen molar-refractivity contribution >= 4 is 23.2 Å². The summed E-state index contributed by atoms with van der Waals surface area (Å²) in [6.45, 7) is 0. The fourth-order valence-electron chi connectivity index (χ4n) is 4.05. The van der Waals surface area contributed by atoms with Crippen LogP contribution in [0, 0.1) is 0 Å². The third kappa shape index (κ3) is 4.21. The predicted octanol–water partition coefficient (Wildman–Crippen LogP) is 9.66. The Bertz CT molecular complexity index is 1230. The van der Waals surface area contributed by atoms with Crippen molar-refractivity contribution in [3.05, 3.63) is 131 Å². The lowest BCUT2D eigenvalue weighted by molar-refractivity contribution is 1.54. The van der Waals surface area contributed by atoms with Crippen molar-refractivity contribution in [2.24, 2.45) is 0 Å². The summed E-state index contributed by atoms with van der Waals surface area (Å²) in [5.41, 5.74) is 9.31. The van der Waals surface area contributed by atoms with E-state index in [0.29, 0.717) is 0 Å². The fourth-order valence-corrected chi connectivity index (χ4v) is 4.30. The SMILES string of the molecule is Clc1ccc(-c2cc(-c3ccccc3)c(-c3ccccc3)cc2-c2ccc(Cl)cc2)cc1. The molecule has 0 aliphatic rings. The zero-order chi connectivity index (χ0) is 21.9. The smallest absolute Gasteiger partial charge is 0.0406 e. The lowest BCUT2D eigenvalue weighted by Gasteiger charge is -2.18. The van der Waals surface area contributed by atoms with Crippen molar-refractivity contribution in [1.29, 1.82) is 0 Å². The first-order valence-corrected chi connectivity index (χ1v) is 11.3. The summed E-state index contributed by atoms with van der Waals surface area (Å²) in [5.74, 6) is 0. The van der Waals surface area contributed by atoms with Crippen molar-refractivity contribution in [1.82, 2.24) is 0 Å². The van der Waals surface area contributed by atoms with Gasteiger partial charge in [0.15, 0.2) is 0 Å². The lowest BCUT2D eigenvalue weighted by Crippen LogP contribution is -1.92. The molecule has 5 rings (SSSR count). The van der Waals surface area contributed by atoms with Gasteiger partial charge in [0.1, 0.15) is 0 Å². The lowest BCUT2D eigenvalue weighted by atomic mass is 9.86. The highest BCUT2D eigenvalue weighted by Gasteiger charge is 2.16. The second-order valence-corrected chi connectivity index (χ2v) is 8.56. The van der Waals surface area contributed by atoms with Gasteiger partial charge in [-0.25, -0.2) is 0 Å². The molecular formula is C30H20Cl2. The molecule has 0 amide bonds. The summed E-state index contributed by atoms with van der Waals surface area (Å²) in [6, 6.07) is 41.7. The van der Waals surface area contributed by atoms with E-state index < -0.39 is 0 Å². The molecule has 0 aliphatic heterocycles. The third-order valence-electron chi connectivity index (χ3n) is 5.64. The molecule has 0 aliphatic carbocycles. The Morgan fingerprint density at radius 2 is 0.594 bits per heavy atom. The van der Waals surface area contributed by atoms with E-state index in [2.05, 4.69) is 84.9 Å². The van der Waals surface area contributed by atoms with Crippen molar-refractivity contribution in [2.75, 3.05) is 0 Å². The van der Waals surface area contributed by atoms with E-state index in [-0.39, 0.29) is 0 Å². The van der Waals surface area contributed by atoms with Crippen molar-refractivity contribution in [2.45, 2.75) is 0 Å². The Kier molecular flexibility index (Phi) is 5.81. The highest BCUT2D eigenvalue weighted by Crippen LogP contribution is 2.42. The standard InChI is InChI=1S/C30H20Cl2/c31-25-15-11-23(12-16-25)29-19-27(21-7-3-1-4-8-21)28(22-9-5-2-6-10-22)20-30(29)24-13-17-26(32)18-14-24/h1-20H. The van der Waals surface area contributed by atoms with Crippen LogP contribution in [0.15, 0.2) is 121 Å². The van der Waals surface area contributed by atoms with Gasteiger partial charge in [0, 0.05) is 10.0 Å². The number of hydrogen-bond donors (Lipinski definition) is 0. The molecule has 5 aromatic rings. The minimum Gasteiger partial charge on any atom is -0.0843 e. The van der Waals surface area contributed by atoms with Crippen LogP contribution in [-0.2, 0) is 0 Å². The molecule has 0 saturated carbocycles. The maximum absolute atomic E-state index is 6.19. The van der Waals surface area contributed by atoms with Crippen LogP contribution in [0.1, 0.15) is 0 Å². The van der Waals surface area contributed by atoms with Crippen molar-refractivity contribution < 1.29 is 0 Å². The molecule has 5 aromatic carbocycles. The van der Waals surface area contributed by atoms with E-state index in [1.165, 1.54) is 22.3 Å². The molecule has 0 bridgehead atoms. The quantitative estimate of drug-likeness (QED) is 0.255. The van der Waals surface area contributed by atoms with Gasteiger partial charge in [-0.15, -0.1) is 0 Å². The highest BCUT2D eigenvalue weighted by atomic mass is 35.5. The molecule has 0 heterocycles. The van der Waals surface area contributed by atoms with Crippen molar-refractivity contribution in [3.63, 3.8) is 0 Å². The molecule has 32 heavy (non-hydrogen) atoms. The van der Waals surface area contributed by atoms with Crippen LogP contribution in [0.25, 0.3) is 44.5 Å². The average Bonchev–Trinajstić information content (AvgIpc) is 2.85. The summed E-state index contributed by atoms with van der Waals surface area (Å²) in [6.07, 6.45) is 0. The van der Waals surface area contributed by atoms with Crippen LogP contribution in [-0.4, -0.2) is 0 Å².